The van der Waals surface area contributed by atoms with Crippen molar-refractivity contribution in [3.8, 4) is 0 Å². The van der Waals surface area contributed by atoms with Crippen LogP contribution in [-0.2, 0) is 11.0 Å². The zero-order valence-electron chi connectivity index (χ0n) is 22.0. The second-order valence-corrected chi connectivity index (χ2v) is 10.7. The lowest BCUT2D eigenvalue weighted by Gasteiger charge is -2.44. The summed E-state index contributed by atoms with van der Waals surface area (Å²) in [7, 11) is 2.11. The van der Waals surface area contributed by atoms with Crippen LogP contribution in [0.4, 0.5) is 24.9 Å². The van der Waals surface area contributed by atoms with Gasteiger partial charge < -0.3 is 25.3 Å². The van der Waals surface area contributed by atoms with Crippen molar-refractivity contribution in [1.29, 1.82) is 0 Å². The molecule has 0 radical (unpaired) electrons. The summed E-state index contributed by atoms with van der Waals surface area (Å²) in [5, 5.41) is 6.06. The van der Waals surface area contributed by atoms with E-state index in [0.717, 1.165) is 76.6 Å². The molecular formula is C26H40F3N7O. The summed E-state index contributed by atoms with van der Waals surface area (Å²) in [6, 6.07) is 0.132. The van der Waals surface area contributed by atoms with Crippen LogP contribution in [0.2, 0.25) is 0 Å². The quantitative estimate of drug-likeness (QED) is 0.338. The smallest absolute Gasteiger partial charge is 0.369 e. The molecular weight excluding hydrogens is 483 g/mol. The molecule has 1 unspecified atom stereocenters. The SMILES string of the molecule is C=C(C)C(CCN1CCN(C)CC1)Nc1ncc(C(F)(F)F)c(NCCCN2C(=O)C3CCC2CC3)n1. The van der Waals surface area contributed by atoms with E-state index in [1.54, 1.807) is 0 Å². The Morgan fingerprint density at radius 2 is 1.86 bits per heavy atom. The van der Waals surface area contributed by atoms with Crippen LogP contribution in [0.25, 0.3) is 0 Å². The molecule has 1 aromatic rings. The fourth-order valence-electron chi connectivity index (χ4n) is 5.57. The van der Waals surface area contributed by atoms with Crippen LogP contribution in [0.1, 0.15) is 51.0 Å². The highest BCUT2D eigenvalue weighted by molar-refractivity contribution is 5.80. The molecule has 206 valence electrons. The monoisotopic (exact) mass is 523 g/mol. The molecule has 5 rings (SSSR count). The molecule has 1 saturated carbocycles. The second kappa shape index (κ2) is 12.0. The van der Waals surface area contributed by atoms with Crippen LogP contribution in [0, 0.1) is 5.92 Å². The van der Waals surface area contributed by atoms with Gasteiger partial charge in [0, 0.05) is 64.0 Å². The van der Waals surface area contributed by atoms with Gasteiger partial charge in [0.15, 0.2) is 0 Å². The number of piperidine rings is 2. The van der Waals surface area contributed by atoms with Gasteiger partial charge in [-0.15, -0.1) is 0 Å². The summed E-state index contributed by atoms with van der Waals surface area (Å²) in [5.41, 5.74) is -0.0110. The van der Waals surface area contributed by atoms with Crippen molar-refractivity contribution in [3.05, 3.63) is 23.9 Å². The first-order chi connectivity index (χ1) is 17.6. The van der Waals surface area contributed by atoms with Gasteiger partial charge in [-0.1, -0.05) is 12.2 Å². The summed E-state index contributed by atoms with van der Waals surface area (Å²) in [6.45, 7) is 11.7. The number of aromatic nitrogens is 2. The van der Waals surface area contributed by atoms with E-state index >= 15 is 0 Å². The second-order valence-electron chi connectivity index (χ2n) is 10.7. The van der Waals surface area contributed by atoms with E-state index < -0.39 is 11.7 Å². The lowest BCUT2D eigenvalue weighted by Crippen LogP contribution is -2.52. The fraction of sp³-hybridized carbons (Fsp3) is 0.731. The average molecular weight is 524 g/mol. The van der Waals surface area contributed by atoms with Crippen molar-refractivity contribution >= 4 is 17.7 Å². The Balaban J connectivity index is 1.35. The summed E-state index contributed by atoms with van der Waals surface area (Å²) in [6.07, 6.45) is 1.56. The number of hydrogen-bond donors (Lipinski definition) is 2. The number of rotatable bonds is 11. The molecule has 11 heteroatoms. The lowest BCUT2D eigenvalue weighted by atomic mass is 9.79. The Bertz CT molecular complexity index is 941. The Hall–Kier alpha value is -2.40. The van der Waals surface area contributed by atoms with Crippen LogP contribution in [0.3, 0.4) is 0 Å². The minimum absolute atomic E-state index is 0.128. The molecule has 0 aromatic carbocycles. The van der Waals surface area contributed by atoms with Crippen molar-refractivity contribution in [1.82, 2.24) is 24.7 Å². The predicted octanol–water partition coefficient (Wildman–Crippen LogP) is 3.69. The zero-order valence-corrected chi connectivity index (χ0v) is 22.0. The van der Waals surface area contributed by atoms with Gasteiger partial charge in [0.25, 0.3) is 0 Å². The molecule has 0 spiro atoms. The van der Waals surface area contributed by atoms with Crippen molar-refractivity contribution in [2.45, 2.75) is 63.7 Å². The first kappa shape index (κ1) is 27.6. The molecule has 1 amide bonds. The molecule has 2 N–H and O–H groups in total. The molecule has 8 nitrogen and oxygen atoms in total. The normalized spacial score (nSPS) is 23.8. The first-order valence-corrected chi connectivity index (χ1v) is 13.4. The molecule has 4 fully saturated rings. The third-order valence-electron chi connectivity index (χ3n) is 7.96. The molecule has 4 aliphatic rings. The molecule has 1 atom stereocenters. The van der Waals surface area contributed by atoms with Gasteiger partial charge in [-0.05, 0) is 52.5 Å². The third kappa shape index (κ3) is 7.13. The molecule has 3 saturated heterocycles. The van der Waals surface area contributed by atoms with Crippen LogP contribution < -0.4 is 10.6 Å². The van der Waals surface area contributed by atoms with E-state index in [9.17, 15) is 18.0 Å². The maximum absolute atomic E-state index is 13.7. The third-order valence-corrected chi connectivity index (χ3v) is 7.96. The summed E-state index contributed by atoms with van der Waals surface area (Å²) in [4.78, 5) is 27.3. The first-order valence-electron chi connectivity index (χ1n) is 13.4. The number of nitrogens with zero attached hydrogens (tertiary/aromatic N) is 5. The zero-order chi connectivity index (χ0) is 26.6. The number of likely N-dealkylation sites (N-methyl/N-ethyl adjacent to an activating group) is 1. The Morgan fingerprint density at radius 3 is 2.49 bits per heavy atom. The van der Waals surface area contributed by atoms with E-state index in [1.165, 1.54) is 0 Å². The number of carbonyl (C=O) groups excluding carboxylic acids is 1. The maximum Gasteiger partial charge on any atom is 0.421 e. The Kier molecular flexibility index (Phi) is 8.94. The number of carbonyl (C=O) groups is 1. The van der Waals surface area contributed by atoms with Gasteiger partial charge in [-0.25, -0.2) is 4.98 Å². The largest absolute Gasteiger partial charge is 0.421 e. The van der Waals surface area contributed by atoms with E-state index in [-0.39, 0.29) is 42.2 Å². The van der Waals surface area contributed by atoms with Gasteiger partial charge >= 0.3 is 6.18 Å². The number of nitrogens with one attached hydrogen (secondary N) is 2. The molecule has 4 heterocycles. The summed E-state index contributed by atoms with van der Waals surface area (Å²) in [5.74, 6) is 0.235. The highest BCUT2D eigenvalue weighted by Crippen LogP contribution is 2.36. The predicted molar refractivity (Wildman–Crippen MR) is 138 cm³/mol. The van der Waals surface area contributed by atoms with Gasteiger partial charge in [0.2, 0.25) is 11.9 Å². The highest BCUT2D eigenvalue weighted by atomic mass is 19.4. The van der Waals surface area contributed by atoms with Crippen molar-refractivity contribution in [2.24, 2.45) is 5.92 Å². The number of amides is 1. The molecule has 1 aliphatic carbocycles. The van der Waals surface area contributed by atoms with Crippen LogP contribution in [0.15, 0.2) is 18.3 Å². The van der Waals surface area contributed by atoms with E-state index in [4.69, 9.17) is 0 Å². The number of fused-ring (bicyclic) bond motifs is 3. The average Bonchev–Trinajstić information content (AvgIpc) is 2.86. The minimum atomic E-state index is -4.57. The number of alkyl halides is 3. The van der Waals surface area contributed by atoms with Crippen LogP contribution >= 0.6 is 0 Å². The van der Waals surface area contributed by atoms with Gasteiger partial charge in [0.1, 0.15) is 11.4 Å². The lowest BCUT2D eigenvalue weighted by molar-refractivity contribution is -0.146. The van der Waals surface area contributed by atoms with Crippen molar-refractivity contribution < 1.29 is 18.0 Å². The van der Waals surface area contributed by atoms with E-state index in [0.29, 0.717) is 13.0 Å². The molecule has 37 heavy (non-hydrogen) atoms. The standard InChI is InChI=1S/C26H40F3N7O/c1-18(2)22(9-12-35-15-13-34(3)14-16-35)32-25-31-17-21(26(27,28)29)23(33-25)30-10-4-11-36-20-7-5-19(6-8-20)24(36)37/h17,19-20,22H,1,4-16H2,2-3H3,(H2,30,31,32,33). The highest BCUT2D eigenvalue weighted by Gasteiger charge is 2.40. The van der Waals surface area contributed by atoms with Crippen LogP contribution in [-0.4, -0.2) is 95.5 Å². The number of piperazine rings is 1. The molecule has 3 aliphatic heterocycles. The number of halogens is 3. The van der Waals surface area contributed by atoms with Gasteiger partial charge in [-0.3, -0.25) is 4.79 Å². The number of anilines is 2. The minimum Gasteiger partial charge on any atom is -0.369 e. The van der Waals surface area contributed by atoms with Gasteiger partial charge in [0.05, 0.1) is 6.04 Å². The topological polar surface area (TPSA) is 76.6 Å². The molecule has 2 bridgehead atoms. The summed E-state index contributed by atoms with van der Waals surface area (Å²) >= 11 is 0. The summed E-state index contributed by atoms with van der Waals surface area (Å²) < 4.78 is 41.0. The van der Waals surface area contributed by atoms with Crippen molar-refractivity contribution in [3.63, 3.8) is 0 Å². The van der Waals surface area contributed by atoms with E-state index in [1.807, 2.05) is 11.8 Å². The van der Waals surface area contributed by atoms with Crippen molar-refractivity contribution in [2.75, 3.05) is 63.5 Å². The maximum atomic E-state index is 13.7. The molecule has 1 aromatic heterocycles. The number of hydrogen-bond acceptors (Lipinski definition) is 7. The Morgan fingerprint density at radius 1 is 1.16 bits per heavy atom. The van der Waals surface area contributed by atoms with Crippen LogP contribution in [0.5, 0.6) is 0 Å². The van der Waals surface area contributed by atoms with E-state index in [2.05, 4.69) is 44.0 Å². The Labute approximate surface area is 217 Å². The fourth-order valence-corrected chi connectivity index (χ4v) is 5.57. The van der Waals surface area contributed by atoms with Gasteiger partial charge in [-0.2, -0.15) is 18.2 Å².